The molecule has 1 aromatic rings. The summed E-state index contributed by atoms with van der Waals surface area (Å²) >= 11 is 6.25. The van der Waals surface area contributed by atoms with Crippen LogP contribution < -0.4 is 0 Å². The standard InChI is InChI=1S/C12H10N2O3S2/c1-17-10(15)7-14-11(16)9(19-12(14)18)6-8-2-4-13-5-3-8/h2-6H,7H2,1H3/b9-6+. The average molecular weight is 294 g/mol. The number of pyridine rings is 1. The number of hydrogen-bond acceptors (Lipinski definition) is 6. The average Bonchev–Trinajstić information content (AvgIpc) is 2.67. The highest BCUT2D eigenvalue weighted by molar-refractivity contribution is 8.26. The monoisotopic (exact) mass is 294 g/mol. The Morgan fingerprint density at radius 3 is 2.84 bits per heavy atom. The lowest BCUT2D eigenvalue weighted by atomic mass is 10.2. The number of hydrogen-bond donors (Lipinski definition) is 0. The zero-order valence-corrected chi connectivity index (χ0v) is 11.7. The third kappa shape index (κ3) is 3.18. The molecule has 1 fully saturated rings. The van der Waals surface area contributed by atoms with Gasteiger partial charge in [-0.25, -0.2) is 0 Å². The first-order valence-corrected chi connectivity index (χ1v) is 6.56. The van der Waals surface area contributed by atoms with Crippen LogP contribution in [0.1, 0.15) is 5.56 Å². The zero-order valence-electron chi connectivity index (χ0n) is 10.0. The van der Waals surface area contributed by atoms with E-state index in [4.69, 9.17) is 12.2 Å². The van der Waals surface area contributed by atoms with E-state index in [0.717, 1.165) is 5.56 Å². The molecule has 0 unspecified atom stereocenters. The number of methoxy groups -OCH3 is 1. The number of carbonyl (C=O) groups excluding carboxylic acids is 2. The van der Waals surface area contributed by atoms with Crippen LogP contribution in [0, 0.1) is 0 Å². The molecule has 0 spiro atoms. The van der Waals surface area contributed by atoms with Gasteiger partial charge in [0.05, 0.1) is 12.0 Å². The number of rotatable bonds is 3. The Morgan fingerprint density at radius 2 is 2.21 bits per heavy atom. The van der Waals surface area contributed by atoms with Crippen molar-refractivity contribution in [2.45, 2.75) is 0 Å². The number of aromatic nitrogens is 1. The molecule has 19 heavy (non-hydrogen) atoms. The Balaban J connectivity index is 2.18. The summed E-state index contributed by atoms with van der Waals surface area (Å²) in [5, 5.41) is 0. The predicted octanol–water partition coefficient (Wildman–Crippen LogP) is 1.46. The van der Waals surface area contributed by atoms with Gasteiger partial charge in [0.2, 0.25) is 0 Å². The van der Waals surface area contributed by atoms with E-state index in [9.17, 15) is 9.59 Å². The molecule has 2 rings (SSSR count). The molecule has 0 aliphatic carbocycles. The highest BCUT2D eigenvalue weighted by atomic mass is 32.2. The van der Waals surface area contributed by atoms with Crippen LogP contribution >= 0.6 is 24.0 Å². The number of thioether (sulfide) groups is 1. The van der Waals surface area contributed by atoms with E-state index >= 15 is 0 Å². The number of thiocarbonyl (C=S) groups is 1. The Hall–Kier alpha value is -1.73. The first kappa shape index (κ1) is 13.7. The summed E-state index contributed by atoms with van der Waals surface area (Å²) in [4.78, 5) is 28.9. The fourth-order valence-electron chi connectivity index (χ4n) is 1.44. The van der Waals surface area contributed by atoms with E-state index in [0.29, 0.717) is 9.23 Å². The van der Waals surface area contributed by atoms with Crippen molar-refractivity contribution in [3.8, 4) is 0 Å². The van der Waals surface area contributed by atoms with Crippen molar-refractivity contribution in [3.63, 3.8) is 0 Å². The minimum atomic E-state index is -0.499. The van der Waals surface area contributed by atoms with Gasteiger partial charge in [-0.3, -0.25) is 19.5 Å². The maximum absolute atomic E-state index is 12.1. The van der Waals surface area contributed by atoms with Crippen LogP contribution in [0.3, 0.4) is 0 Å². The lowest BCUT2D eigenvalue weighted by molar-refractivity contribution is -0.143. The van der Waals surface area contributed by atoms with Gasteiger partial charge in [0.1, 0.15) is 10.9 Å². The minimum absolute atomic E-state index is 0.158. The first-order chi connectivity index (χ1) is 9.11. The van der Waals surface area contributed by atoms with Crippen molar-refractivity contribution in [3.05, 3.63) is 35.0 Å². The molecule has 2 heterocycles. The van der Waals surface area contributed by atoms with E-state index in [2.05, 4.69) is 9.72 Å². The van der Waals surface area contributed by atoms with Crippen molar-refractivity contribution in [1.82, 2.24) is 9.88 Å². The molecule has 0 aromatic carbocycles. The molecule has 7 heteroatoms. The molecule has 0 saturated carbocycles. The fourth-order valence-corrected chi connectivity index (χ4v) is 2.70. The van der Waals surface area contributed by atoms with Gasteiger partial charge in [0.15, 0.2) is 0 Å². The largest absolute Gasteiger partial charge is 0.468 e. The van der Waals surface area contributed by atoms with Crippen LogP contribution in [0.5, 0.6) is 0 Å². The number of carbonyl (C=O) groups is 2. The number of amides is 1. The van der Waals surface area contributed by atoms with E-state index in [-0.39, 0.29) is 12.5 Å². The second-order valence-corrected chi connectivity index (χ2v) is 5.30. The van der Waals surface area contributed by atoms with E-state index in [1.165, 1.54) is 23.8 Å². The lowest BCUT2D eigenvalue weighted by Gasteiger charge is -2.11. The topological polar surface area (TPSA) is 59.5 Å². The van der Waals surface area contributed by atoms with Gasteiger partial charge < -0.3 is 4.74 Å². The molecule has 1 saturated heterocycles. The number of ether oxygens (including phenoxy) is 1. The molecule has 1 aliphatic rings. The Bertz CT molecular complexity index is 557. The third-order valence-electron chi connectivity index (χ3n) is 2.39. The number of nitrogens with zero attached hydrogens (tertiary/aromatic N) is 2. The SMILES string of the molecule is COC(=O)CN1C(=O)/C(=C\c2ccncc2)SC1=S. The van der Waals surface area contributed by atoms with E-state index < -0.39 is 5.97 Å². The highest BCUT2D eigenvalue weighted by Crippen LogP contribution is 2.32. The van der Waals surface area contributed by atoms with Crippen molar-refractivity contribution in [2.75, 3.05) is 13.7 Å². The van der Waals surface area contributed by atoms with Crippen LogP contribution in [0.4, 0.5) is 0 Å². The summed E-state index contributed by atoms with van der Waals surface area (Å²) in [6.45, 7) is -0.158. The second-order valence-electron chi connectivity index (χ2n) is 3.62. The van der Waals surface area contributed by atoms with Crippen molar-refractivity contribution in [1.29, 1.82) is 0 Å². The molecule has 0 atom stereocenters. The van der Waals surface area contributed by atoms with Gasteiger partial charge in [-0.15, -0.1) is 0 Å². The van der Waals surface area contributed by atoms with Gasteiger partial charge in [-0.2, -0.15) is 0 Å². The van der Waals surface area contributed by atoms with Gasteiger partial charge in [0, 0.05) is 12.4 Å². The number of esters is 1. The molecular formula is C12H10N2O3S2. The van der Waals surface area contributed by atoms with Crippen molar-refractivity contribution < 1.29 is 14.3 Å². The van der Waals surface area contributed by atoms with Gasteiger partial charge in [-0.1, -0.05) is 24.0 Å². The summed E-state index contributed by atoms with van der Waals surface area (Å²) in [7, 11) is 1.27. The molecule has 0 N–H and O–H groups in total. The van der Waals surface area contributed by atoms with Crippen molar-refractivity contribution >= 4 is 46.3 Å². The summed E-state index contributed by atoms with van der Waals surface area (Å²) in [6.07, 6.45) is 5.00. The maximum atomic E-state index is 12.1. The van der Waals surface area contributed by atoms with Gasteiger partial charge in [-0.05, 0) is 23.8 Å². The second kappa shape index (κ2) is 5.94. The molecule has 5 nitrogen and oxygen atoms in total. The smallest absolute Gasteiger partial charge is 0.325 e. The first-order valence-electron chi connectivity index (χ1n) is 5.34. The molecule has 0 bridgehead atoms. The normalized spacial score (nSPS) is 17.1. The van der Waals surface area contributed by atoms with Crippen LogP contribution in [-0.4, -0.2) is 39.7 Å². The summed E-state index contributed by atoms with van der Waals surface area (Å²) < 4.78 is 4.89. The lowest BCUT2D eigenvalue weighted by Crippen LogP contribution is -2.33. The minimum Gasteiger partial charge on any atom is -0.468 e. The van der Waals surface area contributed by atoms with Crippen molar-refractivity contribution in [2.24, 2.45) is 0 Å². The predicted molar refractivity (Wildman–Crippen MR) is 76.1 cm³/mol. The molecule has 0 radical (unpaired) electrons. The van der Waals surface area contributed by atoms with Crippen LogP contribution in [-0.2, 0) is 14.3 Å². The van der Waals surface area contributed by atoms with Crippen LogP contribution in [0.25, 0.3) is 6.08 Å². The molecular weight excluding hydrogens is 284 g/mol. The van der Waals surface area contributed by atoms with Crippen LogP contribution in [0.2, 0.25) is 0 Å². The van der Waals surface area contributed by atoms with Gasteiger partial charge >= 0.3 is 5.97 Å². The summed E-state index contributed by atoms with van der Waals surface area (Å²) in [6, 6.07) is 3.57. The van der Waals surface area contributed by atoms with Gasteiger partial charge in [0.25, 0.3) is 5.91 Å². The molecule has 1 amide bonds. The van der Waals surface area contributed by atoms with Crippen LogP contribution in [0.15, 0.2) is 29.4 Å². The quantitative estimate of drug-likeness (QED) is 0.478. The third-order valence-corrected chi connectivity index (χ3v) is 3.77. The fraction of sp³-hybridized carbons (Fsp3) is 0.167. The maximum Gasteiger partial charge on any atom is 0.325 e. The highest BCUT2D eigenvalue weighted by Gasteiger charge is 2.33. The zero-order chi connectivity index (χ0) is 13.8. The van der Waals surface area contributed by atoms with E-state index in [1.54, 1.807) is 30.6 Å². The molecule has 1 aromatic heterocycles. The Labute approximate surface area is 119 Å². The Morgan fingerprint density at radius 1 is 1.53 bits per heavy atom. The molecule has 1 aliphatic heterocycles. The summed E-state index contributed by atoms with van der Waals surface area (Å²) in [5.74, 6) is -0.779. The van der Waals surface area contributed by atoms with E-state index in [1.807, 2.05) is 0 Å². The Kier molecular flexibility index (Phi) is 4.28. The summed E-state index contributed by atoms with van der Waals surface area (Å²) in [5.41, 5.74) is 0.855. The molecule has 98 valence electrons.